The molecule has 0 aliphatic heterocycles. The maximum Gasteiger partial charge on any atom is 0.331 e. The molecule has 0 heterocycles. The number of carbonyl (C=O) groups excluding carboxylic acids is 2. The van der Waals surface area contributed by atoms with Gasteiger partial charge in [0.25, 0.3) is 6.47 Å². The molecule has 2 atom stereocenters. The molecular weight excluding hydrogens is 260 g/mol. The number of hydrogen-bond donors (Lipinski definition) is 0. The molecule has 0 aromatic carbocycles. The standard InChI is InChI=1S/C15H22O5/c1-18-13(17)7-20-15-5-11-2-12(6-15)4-14(3-11,8-15)9-19-10-16/h10-12H,2-9H2,1H3. The van der Waals surface area contributed by atoms with Gasteiger partial charge in [0.05, 0.1) is 19.3 Å². The van der Waals surface area contributed by atoms with Crippen molar-refractivity contribution in [2.75, 3.05) is 20.3 Å². The predicted octanol–water partition coefficient (Wildman–Crippen LogP) is 1.69. The topological polar surface area (TPSA) is 61.8 Å². The Labute approximate surface area is 118 Å². The maximum atomic E-state index is 11.3. The predicted molar refractivity (Wildman–Crippen MR) is 69.8 cm³/mol. The van der Waals surface area contributed by atoms with Gasteiger partial charge in [-0.3, -0.25) is 4.79 Å². The molecule has 5 heteroatoms. The van der Waals surface area contributed by atoms with E-state index in [0.717, 1.165) is 32.1 Å². The number of methoxy groups -OCH3 is 1. The SMILES string of the molecule is COC(=O)COC12CC3CC(CC(COC=O)(C3)C1)C2. The van der Waals surface area contributed by atoms with E-state index in [-0.39, 0.29) is 23.6 Å². The summed E-state index contributed by atoms with van der Waals surface area (Å²) in [6.07, 6.45) is 6.47. The lowest BCUT2D eigenvalue weighted by Crippen LogP contribution is -2.58. The summed E-state index contributed by atoms with van der Waals surface area (Å²) >= 11 is 0. The summed E-state index contributed by atoms with van der Waals surface area (Å²) in [7, 11) is 1.38. The highest BCUT2D eigenvalue weighted by Gasteiger charge is 2.58. The van der Waals surface area contributed by atoms with Gasteiger partial charge in [-0.15, -0.1) is 0 Å². The average Bonchev–Trinajstić information content (AvgIpc) is 2.41. The normalized spacial score (nSPS) is 41.5. The van der Waals surface area contributed by atoms with Crippen LogP contribution in [0.3, 0.4) is 0 Å². The average molecular weight is 282 g/mol. The van der Waals surface area contributed by atoms with Crippen LogP contribution in [0.4, 0.5) is 0 Å². The summed E-state index contributed by atoms with van der Waals surface area (Å²) in [5, 5.41) is 0. The number of ether oxygens (including phenoxy) is 3. The molecule has 5 nitrogen and oxygen atoms in total. The molecule has 20 heavy (non-hydrogen) atoms. The van der Waals surface area contributed by atoms with Crippen LogP contribution in [0, 0.1) is 17.3 Å². The van der Waals surface area contributed by atoms with Crippen LogP contribution in [-0.2, 0) is 23.8 Å². The lowest BCUT2D eigenvalue weighted by Gasteiger charge is -2.61. The minimum Gasteiger partial charge on any atom is -0.467 e. The molecule has 4 fully saturated rings. The van der Waals surface area contributed by atoms with Crippen LogP contribution in [0.25, 0.3) is 0 Å². The smallest absolute Gasteiger partial charge is 0.331 e. The van der Waals surface area contributed by atoms with Crippen LogP contribution in [0.1, 0.15) is 38.5 Å². The minimum atomic E-state index is -0.320. The van der Waals surface area contributed by atoms with Crippen LogP contribution < -0.4 is 0 Å². The molecule has 0 N–H and O–H groups in total. The third kappa shape index (κ3) is 2.43. The van der Waals surface area contributed by atoms with E-state index < -0.39 is 0 Å². The van der Waals surface area contributed by atoms with Crippen molar-refractivity contribution in [3.05, 3.63) is 0 Å². The van der Waals surface area contributed by atoms with E-state index in [9.17, 15) is 9.59 Å². The van der Waals surface area contributed by atoms with Crippen molar-refractivity contribution < 1.29 is 23.8 Å². The second-order valence-electron chi connectivity index (χ2n) is 6.92. The Hall–Kier alpha value is -1.10. The molecule has 0 amide bonds. The molecule has 4 rings (SSSR count). The summed E-state index contributed by atoms with van der Waals surface area (Å²) in [6.45, 7) is 1.06. The van der Waals surface area contributed by atoms with Gasteiger partial charge in [-0.25, -0.2) is 4.79 Å². The Bertz CT molecular complexity index is 391. The van der Waals surface area contributed by atoms with Gasteiger partial charge in [-0.05, 0) is 50.4 Å². The van der Waals surface area contributed by atoms with Crippen LogP contribution in [0.2, 0.25) is 0 Å². The summed E-state index contributed by atoms with van der Waals surface area (Å²) in [5.74, 6) is 0.965. The molecule has 4 saturated carbocycles. The van der Waals surface area contributed by atoms with Crippen LogP contribution in [0.5, 0.6) is 0 Å². The first-order valence-corrected chi connectivity index (χ1v) is 7.35. The van der Waals surface area contributed by atoms with Gasteiger partial charge in [0, 0.05) is 5.41 Å². The van der Waals surface area contributed by atoms with E-state index >= 15 is 0 Å². The van der Waals surface area contributed by atoms with Crippen molar-refractivity contribution in [2.24, 2.45) is 17.3 Å². The van der Waals surface area contributed by atoms with Crippen LogP contribution >= 0.6 is 0 Å². The first kappa shape index (κ1) is 13.9. The summed E-state index contributed by atoms with van der Waals surface area (Å²) in [4.78, 5) is 21.9. The molecule has 0 aromatic rings. The Balaban J connectivity index is 1.72. The van der Waals surface area contributed by atoms with Gasteiger partial charge in [0.1, 0.15) is 6.61 Å². The molecule has 4 aliphatic carbocycles. The van der Waals surface area contributed by atoms with Crippen molar-refractivity contribution in [2.45, 2.75) is 44.1 Å². The monoisotopic (exact) mass is 282 g/mol. The van der Waals surface area contributed by atoms with Crippen molar-refractivity contribution in [1.82, 2.24) is 0 Å². The van der Waals surface area contributed by atoms with E-state index in [1.165, 1.54) is 13.5 Å². The molecule has 0 saturated heterocycles. The highest BCUT2D eigenvalue weighted by molar-refractivity contribution is 5.70. The highest BCUT2D eigenvalue weighted by Crippen LogP contribution is 2.62. The first-order chi connectivity index (χ1) is 9.59. The molecule has 4 aliphatic rings. The van der Waals surface area contributed by atoms with Crippen LogP contribution in [-0.4, -0.2) is 38.4 Å². The Kier molecular flexibility index (Phi) is 3.48. The van der Waals surface area contributed by atoms with E-state index in [1.807, 2.05) is 0 Å². The zero-order valence-corrected chi connectivity index (χ0v) is 11.9. The molecule has 0 spiro atoms. The second kappa shape index (κ2) is 5.02. The summed E-state index contributed by atoms with van der Waals surface area (Å²) in [6, 6.07) is 0. The molecule has 112 valence electrons. The number of hydrogen-bond acceptors (Lipinski definition) is 5. The number of esters is 1. The third-order valence-electron chi connectivity index (χ3n) is 5.31. The maximum absolute atomic E-state index is 11.3. The Morgan fingerprint density at radius 2 is 1.95 bits per heavy atom. The van der Waals surface area contributed by atoms with Gasteiger partial charge in [-0.2, -0.15) is 0 Å². The van der Waals surface area contributed by atoms with Gasteiger partial charge in [0.2, 0.25) is 0 Å². The zero-order valence-electron chi connectivity index (χ0n) is 11.9. The first-order valence-electron chi connectivity index (χ1n) is 7.35. The van der Waals surface area contributed by atoms with Gasteiger partial charge >= 0.3 is 5.97 Å². The van der Waals surface area contributed by atoms with Crippen molar-refractivity contribution in [3.63, 3.8) is 0 Å². The largest absolute Gasteiger partial charge is 0.467 e. The van der Waals surface area contributed by atoms with E-state index in [4.69, 9.17) is 9.47 Å². The zero-order chi connectivity index (χ0) is 14.2. The number of carbonyl (C=O) groups is 2. The van der Waals surface area contributed by atoms with Crippen molar-refractivity contribution in [1.29, 1.82) is 0 Å². The number of rotatable bonds is 6. The molecule has 4 bridgehead atoms. The second-order valence-corrected chi connectivity index (χ2v) is 6.92. The van der Waals surface area contributed by atoms with Gasteiger partial charge < -0.3 is 14.2 Å². The minimum absolute atomic E-state index is 0.0283. The Morgan fingerprint density at radius 3 is 2.55 bits per heavy atom. The van der Waals surface area contributed by atoms with Gasteiger partial charge in [0.15, 0.2) is 0 Å². The lowest BCUT2D eigenvalue weighted by molar-refractivity contribution is -0.209. The van der Waals surface area contributed by atoms with Crippen LogP contribution in [0.15, 0.2) is 0 Å². The highest BCUT2D eigenvalue weighted by atomic mass is 16.6. The van der Waals surface area contributed by atoms with Gasteiger partial charge in [-0.1, -0.05) is 0 Å². The fourth-order valence-corrected chi connectivity index (χ4v) is 5.18. The fraction of sp³-hybridized carbons (Fsp3) is 0.867. The van der Waals surface area contributed by atoms with Crippen molar-refractivity contribution >= 4 is 12.4 Å². The summed E-state index contributed by atoms with van der Waals surface area (Å²) in [5.41, 5.74) is -0.133. The fourth-order valence-electron chi connectivity index (χ4n) is 5.18. The summed E-state index contributed by atoms with van der Waals surface area (Å²) < 4.78 is 15.7. The molecule has 2 unspecified atom stereocenters. The van der Waals surface area contributed by atoms with Crippen molar-refractivity contribution in [3.8, 4) is 0 Å². The Morgan fingerprint density at radius 1 is 1.25 bits per heavy atom. The third-order valence-corrected chi connectivity index (χ3v) is 5.31. The van der Waals surface area contributed by atoms with E-state index in [2.05, 4.69) is 4.74 Å². The lowest BCUT2D eigenvalue weighted by atomic mass is 9.48. The van der Waals surface area contributed by atoms with E-state index in [0.29, 0.717) is 24.9 Å². The molecule has 0 aromatic heterocycles. The molecule has 0 radical (unpaired) electrons. The quantitative estimate of drug-likeness (QED) is 0.548. The molecular formula is C15H22O5. The van der Waals surface area contributed by atoms with E-state index in [1.54, 1.807) is 0 Å².